The molecule has 164 valence electrons. The number of nitrogens with zero attached hydrogens (tertiary/aromatic N) is 2. The molecule has 1 amide bonds. The number of aryl methyl sites for hydroxylation is 1. The van der Waals surface area contributed by atoms with Crippen molar-refractivity contribution in [2.75, 3.05) is 18.9 Å². The number of rotatable bonds is 9. The normalized spacial score (nSPS) is 11.6. The van der Waals surface area contributed by atoms with Gasteiger partial charge in [-0.15, -0.1) is 0 Å². The van der Waals surface area contributed by atoms with Crippen LogP contribution in [-0.2, 0) is 21.2 Å². The largest absolute Gasteiger partial charge is 0.441 e. The number of sulfonamides is 1. The number of hydrogen-bond donors (Lipinski definition) is 1. The highest BCUT2D eigenvalue weighted by molar-refractivity contribution is 7.89. The van der Waals surface area contributed by atoms with Gasteiger partial charge in [-0.2, -0.15) is 0 Å². The second kappa shape index (κ2) is 9.89. The van der Waals surface area contributed by atoms with Gasteiger partial charge in [-0.3, -0.25) is 4.79 Å². The number of carbonyl (C=O) groups is 1. The lowest BCUT2D eigenvalue weighted by molar-refractivity contribution is -0.115. The van der Waals surface area contributed by atoms with Crippen LogP contribution >= 0.6 is 0 Å². The van der Waals surface area contributed by atoms with Crippen molar-refractivity contribution >= 4 is 21.6 Å². The summed E-state index contributed by atoms with van der Waals surface area (Å²) in [6, 6.07) is 15.7. The second-order valence-corrected chi connectivity index (χ2v) is 9.36. The number of anilines is 1. The molecule has 0 spiro atoms. The molecule has 8 heteroatoms. The minimum Gasteiger partial charge on any atom is -0.441 e. The van der Waals surface area contributed by atoms with Crippen molar-refractivity contribution < 1.29 is 17.6 Å². The second-order valence-electron chi connectivity index (χ2n) is 7.32. The summed E-state index contributed by atoms with van der Waals surface area (Å²) in [5.74, 6) is 0.805. The number of benzene rings is 2. The van der Waals surface area contributed by atoms with Crippen LogP contribution in [0.25, 0.3) is 11.5 Å². The zero-order chi connectivity index (χ0) is 22.4. The van der Waals surface area contributed by atoms with Crippen molar-refractivity contribution in [1.82, 2.24) is 9.29 Å². The van der Waals surface area contributed by atoms with E-state index in [9.17, 15) is 13.2 Å². The smallest absolute Gasteiger partial charge is 0.242 e. The maximum Gasteiger partial charge on any atom is 0.242 e. The topological polar surface area (TPSA) is 92.5 Å². The Morgan fingerprint density at radius 1 is 1.10 bits per heavy atom. The summed E-state index contributed by atoms with van der Waals surface area (Å²) in [7, 11) is -1.96. The fraction of sp³-hybridized carbons (Fsp3) is 0.304. The van der Waals surface area contributed by atoms with Crippen LogP contribution in [0, 0.1) is 6.92 Å². The predicted molar refractivity (Wildman–Crippen MR) is 120 cm³/mol. The Labute approximate surface area is 183 Å². The van der Waals surface area contributed by atoms with E-state index in [1.807, 2.05) is 37.3 Å². The summed E-state index contributed by atoms with van der Waals surface area (Å²) in [5.41, 5.74) is 1.93. The van der Waals surface area contributed by atoms with E-state index in [2.05, 4.69) is 10.3 Å². The number of amides is 1. The SMILES string of the molecule is CCCCN(C)S(=O)(=O)c1ccc(NC(=O)Cc2nc(-c3ccccc3)oc2C)cc1. The molecular formula is C23H27N3O4S. The molecule has 0 unspecified atom stereocenters. The molecule has 0 radical (unpaired) electrons. The van der Waals surface area contributed by atoms with Crippen LogP contribution in [0.15, 0.2) is 63.9 Å². The number of aromatic nitrogens is 1. The van der Waals surface area contributed by atoms with Crippen LogP contribution in [0.3, 0.4) is 0 Å². The van der Waals surface area contributed by atoms with Gasteiger partial charge in [0.25, 0.3) is 0 Å². The van der Waals surface area contributed by atoms with Gasteiger partial charge in [0.2, 0.25) is 21.8 Å². The van der Waals surface area contributed by atoms with Crippen LogP contribution in [-0.4, -0.2) is 37.2 Å². The molecule has 7 nitrogen and oxygen atoms in total. The molecule has 0 saturated carbocycles. The molecule has 1 heterocycles. The van der Waals surface area contributed by atoms with Gasteiger partial charge in [0.05, 0.1) is 17.0 Å². The van der Waals surface area contributed by atoms with Crippen LogP contribution in [0.2, 0.25) is 0 Å². The fourth-order valence-corrected chi connectivity index (χ4v) is 4.25. The first-order chi connectivity index (χ1) is 14.8. The van der Waals surface area contributed by atoms with Crippen molar-refractivity contribution in [2.45, 2.75) is 38.0 Å². The van der Waals surface area contributed by atoms with Crippen LogP contribution in [0.5, 0.6) is 0 Å². The van der Waals surface area contributed by atoms with E-state index in [4.69, 9.17) is 4.42 Å². The minimum atomic E-state index is -3.54. The first-order valence-electron chi connectivity index (χ1n) is 10.2. The number of nitrogens with one attached hydrogen (secondary N) is 1. The van der Waals surface area contributed by atoms with E-state index in [0.29, 0.717) is 29.6 Å². The van der Waals surface area contributed by atoms with Crippen molar-refractivity contribution in [2.24, 2.45) is 0 Å². The highest BCUT2D eigenvalue weighted by Crippen LogP contribution is 2.22. The highest BCUT2D eigenvalue weighted by atomic mass is 32.2. The predicted octanol–water partition coefficient (Wildman–Crippen LogP) is 4.25. The Morgan fingerprint density at radius 3 is 2.42 bits per heavy atom. The van der Waals surface area contributed by atoms with Crippen molar-refractivity contribution in [3.63, 3.8) is 0 Å². The standard InChI is InChI=1S/C23H27N3O4S/c1-4-5-15-26(3)31(28,29)20-13-11-19(12-14-20)24-22(27)16-21-17(2)30-23(25-21)18-9-7-6-8-10-18/h6-14H,4-5,15-16H2,1-3H3,(H,24,27). The van der Waals surface area contributed by atoms with Gasteiger partial charge in [-0.05, 0) is 49.7 Å². The first kappa shape index (κ1) is 22.7. The molecule has 2 aromatic carbocycles. The third kappa shape index (κ3) is 5.59. The zero-order valence-corrected chi connectivity index (χ0v) is 18.8. The lowest BCUT2D eigenvalue weighted by Gasteiger charge is -2.17. The summed E-state index contributed by atoms with van der Waals surface area (Å²) in [4.78, 5) is 17.1. The van der Waals surface area contributed by atoms with Gasteiger partial charge in [0.15, 0.2) is 0 Å². The lowest BCUT2D eigenvalue weighted by Crippen LogP contribution is -2.27. The average Bonchev–Trinajstić information content (AvgIpc) is 3.13. The average molecular weight is 442 g/mol. The van der Waals surface area contributed by atoms with Gasteiger partial charge >= 0.3 is 0 Å². The van der Waals surface area contributed by atoms with Crippen LogP contribution < -0.4 is 5.32 Å². The maximum atomic E-state index is 12.6. The molecular weight excluding hydrogens is 414 g/mol. The Balaban J connectivity index is 1.65. The Bertz CT molecular complexity index is 1120. The van der Waals surface area contributed by atoms with Gasteiger partial charge < -0.3 is 9.73 Å². The van der Waals surface area contributed by atoms with Crippen molar-refractivity contribution in [1.29, 1.82) is 0 Å². The molecule has 0 aliphatic carbocycles. The molecule has 1 N–H and O–H groups in total. The molecule has 31 heavy (non-hydrogen) atoms. The molecule has 0 atom stereocenters. The summed E-state index contributed by atoms with van der Waals surface area (Å²) < 4.78 is 32.2. The first-order valence-corrected chi connectivity index (χ1v) is 11.6. The quantitative estimate of drug-likeness (QED) is 0.536. The van der Waals surface area contributed by atoms with E-state index in [0.717, 1.165) is 18.4 Å². The third-order valence-electron chi connectivity index (χ3n) is 4.91. The third-order valence-corrected chi connectivity index (χ3v) is 6.79. The zero-order valence-electron chi connectivity index (χ0n) is 18.0. The molecule has 0 bridgehead atoms. The summed E-state index contributed by atoms with van der Waals surface area (Å²) in [6.45, 7) is 4.26. The van der Waals surface area contributed by atoms with E-state index < -0.39 is 10.0 Å². The van der Waals surface area contributed by atoms with Crippen molar-refractivity contribution in [3.8, 4) is 11.5 Å². The Morgan fingerprint density at radius 2 is 1.77 bits per heavy atom. The van der Waals surface area contributed by atoms with Crippen LogP contribution in [0.4, 0.5) is 5.69 Å². The number of oxazole rings is 1. The summed E-state index contributed by atoms with van der Waals surface area (Å²) in [5, 5.41) is 2.78. The van der Waals surface area contributed by atoms with E-state index in [1.165, 1.54) is 16.4 Å². The minimum absolute atomic E-state index is 0.0575. The molecule has 0 aliphatic heterocycles. The molecule has 3 aromatic rings. The van der Waals surface area contributed by atoms with Crippen LogP contribution in [0.1, 0.15) is 31.2 Å². The maximum absolute atomic E-state index is 12.6. The highest BCUT2D eigenvalue weighted by Gasteiger charge is 2.20. The number of hydrogen-bond acceptors (Lipinski definition) is 5. The van der Waals surface area contributed by atoms with E-state index >= 15 is 0 Å². The molecule has 3 rings (SSSR count). The molecule has 0 aliphatic rings. The monoisotopic (exact) mass is 441 g/mol. The van der Waals surface area contributed by atoms with Gasteiger partial charge in [0.1, 0.15) is 5.76 Å². The van der Waals surface area contributed by atoms with Gasteiger partial charge in [-0.25, -0.2) is 17.7 Å². The van der Waals surface area contributed by atoms with E-state index in [1.54, 1.807) is 26.1 Å². The Hall–Kier alpha value is -2.97. The van der Waals surface area contributed by atoms with Crippen molar-refractivity contribution in [3.05, 3.63) is 66.1 Å². The number of carbonyl (C=O) groups excluding carboxylic acids is 1. The number of unbranched alkanes of at least 4 members (excludes halogenated alkanes) is 1. The molecule has 0 fully saturated rings. The fourth-order valence-electron chi connectivity index (χ4n) is 3.04. The lowest BCUT2D eigenvalue weighted by atomic mass is 10.2. The summed E-state index contributed by atoms with van der Waals surface area (Å²) in [6.07, 6.45) is 1.78. The Kier molecular flexibility index (Phi) is 7.25. The molecule has 0 saturated heterocycles. The summed E-state index contributed by atoms with van der Waals surface area (Å²) >= 11 is 0. The van der Waals surface area contributed by atoms with E-state index in [-0.39, 0.29) is 17.2 Å². The van der Waals surface area contributed by atoms with Gasteiger partial charge in [-0.1, -0.05) is 31.5 Å². The molecule has 1 aromatic heterocycles. The van der Waals surface area contributed by atoms with Gasteiger partial charge in [0, 0.05) is 24.8 Å².